The van der Waals surface area contributed by atoms with Crippen molar-refractivity contribution in [2.45, 2.75) is 30.7 Å². The molecule has 98 valence electrons. The summed E-state index contributed by atoms with van der Waals surface area (Å²) in [6.07, 6.45) is -1.98. The number of rotatable bonds is 4. The minimum absolute atomic E-state index is 0.556. The van der Waals surface area contributed by atoms with Crippen LogP contribution >= 0.6 is 0 Å². The van der Waals surface area contributed by atoms with E-state index in [1.54, 1.807) is 0 Å². The lowest BCUT2D eigenvalue weighted by Gasteiger charge is -2.26. The Morgan fingerprint density at radius 1 is 1.59 bits per heavy atom. The summed E-state index contributed by atoms with van der Waals surface area (Å²) in [6.45, 7) is 0.600. The van der Waals surface area contributed by atoms with Crippen molar-refractivity contribution in [3.8, 4) is 0 Å². The molecule has 1 aliphatic heterocycles. The van der Waals surface area contributed by atoms with Gasteiger partial charge >= 0.3 is 16.2 Å². The number of carboxylic acid groups (broad SMARTS) is 1. The second kappa shape index (κ2) is 4.57. The number of carbonyl (C=O) groups excluding carboxylic acids is 1. The van der Waals surface area contributed by atoms with Gasteiger partial charge in [0.2, 0.25) is 5.91 Å². The van der Waals surface area contributed by atoms with E-state index in [1.165, 1.54) is 0 Å². The van der Waals surface area contributed by atoms with Gasteiger partial charge in [-0.2, -0.15) is 8.42 Å². The van der Waals surface area contributed by atoms with Crippen molar-refractivity contribution in [2.24, 2.45) is 0 Å². The summed E-state index contributed by atoms with van der Waals surface area (Å²) in [6, 6.07) is -1.56. The van der Waals surface area contributed by atoms with Gasteiger partial charge in [0.15, 0.2) is 6.04 Å². The highest BCUT2D eigenvalue weighted by Crippen LogP contribution is 2.23. The van der Waals surface area contributed by atoms with Gasteiger partial charge in [-0.1, -0.05) is 0 Å². The van der Waals surface area contributed by atoms with Crippen LogP contribution in [-0.4, -0.2) is 59.3 Å². The largest absolute Gasteiger partial charge is 0.480 e. The number of aliphatic hydroxyl groups is 1. The van der Waals surface area contributed by atoms with E-state index in [4.69, 9.17) is 5.11 Å². The van der Waals surface area contributed by atoms with Gasteiger partial charge in [-0.3, -0.25) is 4.79 Å². The van der Waals surface area contributed by atoms with Crippen LogP contribution in [-0.2, 0) is 19.8 Å². The number of carbonyl (C=O) groups is 2. The molecule has 9 heteroatoms. The number of aliphatic carboxylic acids is 1. The number of aliphatic hydroxyl groups excluding tert-OH is 1. The molecule has 1 saturated heterocycles. The second-order valence-electron chi connectivity index (χ2n) is 3.87. The van der Waals surface area contributed by atoms with Crippen molar-refractivity contribution in [3.05, 3.63) is 0 Å². The Labute approximate surface area is 97.0 Å². The van der Waals surface area contributed by atoms with Crippen LogP contribution in [0.3, 0.4) is 0 Å². The first kappa shape index (κ1) is 13.8. The Bertz CT molecular complexity index is 433. The van der Waals surface area contributed by atoms with Crippen LogP contribution in [0.5, 0.6) is 0 Å². The molecular formula is C8H12FNO6S. The minimum atomic E-state index is -4.89. The maximum atomic E-state index is 12.7. The highest BCUT2D eigenvalue weighted by atomic mass is 32.3. The van der Waals surface area contributed by atoms with E-state index in [2.05, 4.69) is 0 Å². The van der Waals surface area contributed by atoms with Crippen LogP contribution in [0.2, 0.25) is 0 Å². The third-order valence-electron chi connectivity index (χ3n) is 2.57. The summed E-state index contributed by atoms with van der Waals surface area (Å²) >= 11 is 0. The van der Waals surface area contributed by atoms with Gasteiger partial charge < -0.3 is 15.1 Å². The summed E-state index contributed by atoms with van der Waals surface area (Å²) < 4.78 is 34.0. The van der Waals surface area contributed by atoms with Gasteiger partial charge in [0.1, 0.15) is 5.25 Å². The summed E-state index contributed by atoms with van der Waals surface area (Å²) in [5, 5.41) is 16.5. The number of carboxylic acids is 1. The summed E-state index contributed by atoms with van der Waals surface area (Å²) in [5.74, 6) is -2.27. The number of halogens is 1. The van der Waals surface area contributed by atoms with Crippen molar-refractivity contribution in [2.75, 3.05) is 6.54 Å². The predicted octanol–water partition coefficient (Wildman–Crippen LogP) is -1.28. The van der Waals surface area contributed by atoms with Crippen molar-refractivity contribution in [1.82, 2.24) is 4.90 Å². The molecule has 1 heterocycles. The van der Waals surface area contributed by atoms with Crippen molar-refractivity contribution >= 4 is 22.1 Å². The van der Waals surface area contributed by atoms with Gasteiger partial charge in [0.05, 0.1) is 6.10 Å². The van der Waals surface area contributed by atoms with Crippen molar-refractivity contribution < 1.29 is 32.1 Å². The molecule has 1 unspecified atom stereocenters. The Morgan fingerprint density at radius 2 is 2.12 bits per heavy atom. The monoisotopic (exact) mass is 269 g/mol. The quantitative estimate of drug-likeness (QED) is 0.615. The van der Waals surface area contributed by atoms with Crippen LogP contribution in [0, 0.1) is 0 Å². The fourth-order valence-corrected chi connectivity index (χ4v) is 2.44. The molecule has 1 fully saturated rings. The van der Waals surface area contributed by atoms with Gasteiger partial charge in [0.25, 0.3) is 0 Å². The van der Waals surface area contributed by atoms with E-state index in [9.17, 15) is 27.0 Å². The molecule has 0 bridgehead atoms. The first-order valence-electron chi connectivity index (χ1n) is 4.78. The average Bonchev–Trinajstić information content (AvgIpc) is 2.46. The summed E-state index contributed by atoms with van der Waals surface area (Å²) in [4.78, 5) is 22.9. The first-order chi connectivity index (χ1) is 7.64. The van der Waals surface area contributed by atoms with E-state index in [0.717, 1.165) is 6.92 Å². The number of nitrogens with zero attached hydrogens (tertiary/aromatic N) is 1. The van der Waals surface area contributed by atoms with Crippen LogP contribution < -0.4 is 0 Å². The molecule has 0 aromatic heterocycles. The number of hydrogen-bond donors (Lipinski definition) is 2. The maximum Gasteiger partial charge on any atom is 0.329 e. The number of hydrogen-bond acceptors (Lipinski definition) is 5. The molecule has 0 spiro atoms. The van der Waals surface area contributed by atoms with E-state index < -0.39 is 52.5 Å². The molecule has 1 rings (SSSR count). The molecule has 0 aliphatic carbocycles. The smallest absolute Gasteiger partial charge is 0.329 e. The molecule has 0 aromatic rings. The molecule has 0 aromatic carbocycles. The molecule has 3 atom stereocenters. The second-order valence-corrected chi connectivity index (χ2v) is 5.49. The lowest BCUT2D eigenvalue weighted by Crippen LogP contribution is -2.49. The molecule has 2 N–H and O–H groups in total. The minimum Gasteiger partial charge on any atom is -0.480 e. The number of likely N-dealkylation sites (tertiary alicyclic amines) is 1. The highest BCUT2D eigenvalue weighted by molar-refractivity contribution is 7.87. The van der Waals surface area contributed by atoms with Gasteiger partial charge in [0, 0.05) is 13.0 Å². The van der Waals surface area contributed by atoms with E-state index >= 15 is 0 Å². The molecular weight excluding hydrogens is 257 g/mol. The summed E-state index contributed by atoms with van der Waals surface area (Å²) in [5.41, 5.74) is 0. The van der Waals surface area contributed by atoms with Crippen LogP contribution in [0.4, 0.5) is 3.89 Å². The zero-order valence-electron chi connectivity index (χ0n) is 8.91. The van der Waals surface area contributed by atoms with Crippen molar-refractivity contribution in [3.63, 3.8) is 0 Å². The van der Waals surface area contributed by atoms with Gasteiger partial charge in [-0.15, -0.1) is 3.89 Å². The van der Waals surface area contributed by atoms with Crippen LogP contribution in [0.1, 0.15) is 13.3 Å². The molecule has 7 nitrogen and oxygen atoms in total. The predicted molar refractivity (Wildman–Crippen MR) is 53.3 cm³/mol. The van der Waals surface area contributed by atoms with E-state index in [1.807, 2.05) is 0 Å². The van der Waals surface area contributed by atoms with Crippen molar-refractivity contribution in [1.29, 1.82) is 0 Å². The SMILES string of the molecule is C[C@H](O)[C@H](C(=O)O)N1CC(S(=O)(=O)F)CC1=O. The van der Waals surface area contributed by atoms with Crippen LogP contribution in [0.25, 0.3) is 0 Å². The average molecular weight is 269 g/mol. The lowest BCUT2D eigenvalue weighted by atomic mass is 10.1. The Morgan fingerprint density at radius 3 is 2.41 bits per heavy atom. The Balaban J connectivity index is 2.94. The van der Waals surface area contributed by atoms with Gasteiger partial charge in [-0.25, -0.2) is 4.79 Å². The summed E-state index contributed by atoms with van der Waals surface area (Å²) in [7, 11) is -4.89. The molecule has 1 amide bonds. The zero-order valence-corrected chi connectivity index (χ0v) is 9.72. The fourth-order valence-electron chi connectivity index (χ4n) is 1.76. The third kappa shape index (κ3) is 2.91. The van der Waals surface area contributed by atoms with Gasteiger partial charge in [-0.05, 0) is 6.92 Å². The van der Waals surface area contributed by atoms with E-state index in [-0.39, 0.29) is 0 Å². The molecule has 0 radical (unpaired) electrons. The highest BCUT2D eigenvalue weighted by Gasteiger charge is 2.44. The Kier molecular flexibility index (Phi) is 3.72. The standard InChI is InChI=1S/C8H12FNO6S/c1-4(11)7(8(13)14)10-3-5(2-6(10)12)17(9,15)16/h4-5,7,11H,2-3H2,1H3,(H,13,14)/t4-,5?,7+/m0/s1. The third-order valence-corrected chi connectivity index (χ3v) is 3.68. The zero-order chi connectivity index (χ0) is 13.4. The normalized spacial score (nSPS) is 24.8. The lowest BCUT2D eigenvalue weighted by molar-refractivity contribution is -0.152. The fraction of sp³-hybridized carbons (Fsp3) is 0.750. The maximum absolute atomic E-state index is 12.7. The molecule has 17 heavy (non-hydrogen) atoms. The first-order valence-corrected chi connectivity index (χ1v) is 6.23. The van der Waals surface area contributed by atoms with E-state index in [0.29, 0.717) is 4.90 Å². The number of amides is 1. The molecule has 1 aliphatic rings. The topological polar surface area (TPSA) is 112 Å². The molecule has 0 saturated carbocycles. The van der Waals surface area contributed by atoms with Crippen LogP contribution in [0.15, 0.2) is 0 Å². The Hall–Kier alpha value is -1.22.